The molecular weight excluding hydrogens is 124 g/mol. The normalized spacial score (nSPS) is 11.9. The highest BCUT2D eigenvalue weighted by molar-refractivity contribution is 5.12. The molecule has 1 heteroatoms. The van der Waals surface area contributed by atoms with Crippen molar-refractivity contribution in [2.75, 3.05) is 0 Å². The third-order valence-electron chi connectivity index (χ3n) is 1.12. The van der Waals surface area contributed by atoms with Gasteiger partial charge in [-0.05, 0) is 17.5 Å². The van der Waals surface area contributed by atoms with E-state index in [1.54, 1.807) is 6.26 Å². The third kappa shape index (κ3) is 2.26. The maximum atomic E-state index is 5.15. The Bertz CT molecular complexity index is 179. The number of hydrogen-bond donors (Lipinski definition) is 0. The van der Waals surface area contributed by atoms with Crippen LogP contribution in [0.15, 0.2) is 22.8 Å². The Morgan fingerprint density at radius 1 is 1.40 bits per heavy atom. The Balaban J connectivity index is 2.57. The maximum Gasteiger partial charge on any atom is 0.108 e. The van der Waals surface area contributed by atoms with Crippen molar-refractivity contribution in [3.63, 3.8) is 0 Å². The first-order valence-electron chi connectivity index (χ1n) is 3.47. The molecule has 0 aromatic carbocycles. The van der Waals surface area contributed by atoms with Crippen LogP contribution in [0.5, 0.6) is 0 Å². The minimum absolute atomic E-state index is 0.206. The molecule has 10 heavy (non-hydrogen) atoms. The Morgan fingerprint density at radius 3 is 2.50 bits per heavy atom. The molecule has 1 heterocycles. The molecule has 55 valence electrons. The monoisotopic (exact) mass is 137 g/mol. The van der Waals surface area contributed by atoms with Gasteiger partial charge in [0, 0.05) is 6.42 Å². The Labute approximate surface area is 62.1 Å². The van der Waals surface area contributed by atoms with E-state index in [1.165, 1.54) is 0 Å². The van der Waals surface area contributed by atoms with Gasteiger partial charge >= 0.3 is 0 Å². The van der Waals surface area contributed by atoms with Crippen LogP contribution in [-0.2, 0) is 0 Å². The van der Waals surface area contributed by atoms with Gasteiger partial charge in [0.2, 0.25) is 0 Å². The van der Waals surface area contributed by atoms with Gasteiger partial charge in [0.15, 0.2) is 0 Å². The van der Waals surface area contributed by atoms with Crippen LogP contribution in [0.1, 0.15) is 26.5 Å². The van der Waals surface area contributed by atoms with E-state index in [9.17, 15) is 0 Å². The van der Waals surface area contributed by atoms with Gasteiger partial charge in [-0.15, -0.1) is 0 Å². The molecule has 1 radical (unpaired) electrons. The summed E-state index contributed by atoms with van der Waals surface area (Å²) in [4.78, 5) is 0. The number of hydrogen-bond acceptors (Lipinski definition) is 1. The van der Waals surface area contributed by atoms with Gasteiger partial charge in [0.1, 0.15) is 5.76 Å². The van der Waals surface area contributed by atoms with E-state index in [2.05, 4.69) is 27.2 Å². The maximum absolute atomic E-state index is 5.15. The van der Waals surface area contributed by atoms with E-state index < -0.39 is 0 Å². The molecule has 0 aliphatic rings. The molecule has 1 aromatic rings. The van der Waals surface area contributed by atoms with Crippen molar-refractivity contribution < 1.29 is 4.42 Å². The highest BCUT2D eigenvalue weighted by atomic mass is 16.3. The average Bonchev–Trinajstić information content (AvgIpc) is 2.12. The third-order valence-corrected chi connectivity index (χ3v) is 1.12. The van der Waals surface area contributed by atoms with E-state index >= 15 is 0 Å². The molecule has 0 atom stereocenters. The standard InChI is InChI=1S/C9H13O/c1-9(2,3)7-8-5-4-6-10-8/h4-7H,1-3H3. The van der Waals surface area contributed by atoms with Crippen molar-refractivity contribution in [2.45, 2.75) is 20.8 Å². The summed E-state index contributed by atoms with van der Waals surface area (Å²) in [5, 5.41) is 0. The van der Waals surface area contributed by atoms with E-state index in [4.69, 9.17) is 4.42 Å². The predicted octanol–water partition coefficient (Wildman–Crippen LogP) is 2.88. The SMILES string of the molecule is CC(C)(C)[CH]c1ccco1. The first-order chi connectivity index (χ1) is 4.58. The van der Waals surface area contributed by atoms with Gasteiger partial charge in [-0.1, -0.05) is 20.8 Å². The highest BCUT2D eigenvalue weighted by Gasteiger charge is 2.12. The summed E-state index contributed by atoms with van der Waals surface area (Å²) in [6, 6.07) is 3.86. The smallest absolute Gasteiger partial charge is 0.108 e. The van der Waals surface area contributed by atoms with Crippen LogP contribution < -0.4 is 0 Å². The average molecular weight is 137 g/mol. The van der Waals surface area contributed by atoms with Crippen molar-refractivity contribution >= 4 is 0 Å². The molecule has 0 fully saturated rings. The van der Waals surface area contributed by atoms with Crippen molar-refractivity contribution in [3.05, 3.63) is 30.6 Å². The molecule has 0 aliphatic heterocycles. The van der Waals surface area contributed by atoms with Crippen LogP contribution in [-0.4, -0.2) is 0 Å². The van der Waals surface area contributed by atoms with E-state index in [-0.39, 0.29) is 5.41 Å². The second kappa shape index (κ2) is 2.49. The first-order valence-corrected chi connectivity index (χ1v) is 3.47. The minimum Gasteiger partial charge on any atom is -0.469 e. The van der Waals surface area contributed by atoms with Crippen LogP contribution in [0.3, 0.4) is 0 Å². The molecule has 1 aromatic heterocycles. The van der Waals surface area contributed by atoms with Crippen LogP contribution in [0.4, 0.5) is 0 Å². The summed E-state index contributed by atoms with van der Waals surface area (Å²) in [6.07, 6.45) is 3.80. The van der Waals surface area contributed by atoms with Crippen molar-refractivity contribution in [3.8, 4) is 0 Å². The summed E-state index contributed by atoms with van der Waals surface area (Å²) in [7, 11) is 0. The second-order valence-corrected chi connectivity index (χ2v) is 3.53. The van der Waals surface area contributed by atoms with Gasteiger partial charge in [0.05, 0.1) is 6.26 Å². The molecule has 0 unspecified atom stereocenters. The van der Waals surface area contributed by atoms with Crippen molar-refractivity contribution in [1.82, 2.24) is 0 Å². The zero-order valence-corrected chi connectivity index (χ0v) is 6.72. The number of rotatable bonds is 1. The van der Waals surface area contributed by atoms with Gasteiger partial charge in [0.25, 0.3) is 0 Å². The summed E-state index contributed by atoms with van der Waals surface area (Å²) in [5.74, 6) is 0.951. The molecule has 0 saturated heterocycles. The molecule has 0 saturated carbocycles. The molecule has 0 aliphatic carbocycles. The lowest BCUT2D eigenvalue weighted by molar-refractivity contribution is 0.451. The summed E-state index contributed by atoms with van der Waals surface area (Å²) < 4.78 is 5.15. The van der Waals surface area contributed by atoms with Crippen LogP contribution in [0.2, 0.25) is 0 Å². The highest BCUT2D eigenvalue weighted by Crippen LogP contribution is 2.22. The Hall–Kier alpha value is -0.720. The number of furan rings is 1. The molecule has 1 rings (SSSR count). The van der Waals surface area contributed by atoms with Crippen LogP contribution >= 0.6 is 0 Å². The van der Waals surface area contributed by atoms with E-state index in [0.29, 0.717) is 0 Å². The molecule has 0 amide bonds. The fourth-order valence-corrected chi connectivity index (χ4v) is 0.800. The quantitative estimate of drug-likeness (QED) is 0.580. The second-order valence-electron chi connectivity index (χ2n) is 3.53. The largest absolute Gasteiger partial charge is 0.469 e. The lowest BCUT2D eigenvalue weighted by atomic mass is 9.91. The van der Waals surface area contributed by atoms with Crippen LogP contribution in [0, 0.1) is 11.8 Å². The lowest BCUT2D eigenvalue weighted by Crippen LogP contribution is -2.05. The lowest BCUT2D eigenvalue weighted by Gasteiger charge is -2.14. The molecule has 1 nitrogen and oxygen atoms in total. The Morgan fingerprint density at radius 2 is 2.10 bits per heavy atom. The fourth-order valence-electron chi connectivity index (χ4n) is 0.800. The van der Waals surface area contributed by atoms with E-state index in [0.717, 1.165) is 5.76 Å². The fraction of sp³-hybridized carbons (Fsp3) is 0.444. The summed E-state index contributed by atoms with van der Waals surface area (Å²) in [5.41, 5.74) is 0.206. The van der Waals surface area contributed by atoms with Crippen LogP contribution in [0.25, 0.3) is 0 Å². The molecule has 0 spiro atoms. The van der Waals surface area contributed by atoms with E-state index in [1.807, 2.05) is 12.1 Å². The zero-order chi connectivity index (χ0) is 7.61. The van der Waals surface area contributed by atoms with Crippen molar-refractivity contribution in [1.29, 1.82) is 0 Å². The predicted molar refractivity (Wildman–Crippen MR) is 41.6 cm³/mol. The Kier molecular flexibility index (Phi) is 1.84. The zero-order valence-electron chi connectivity index (χ0n) is 6.72. The summed E-state index contributed by atoms with van der Waals surface area (Å²) in [6.45, 7) is 6.44. The minimum atomic E-state index is 0.206. The molecule has 0 bridgehead atoms. The summed E-state index contributed by atoms with van der Waals surface area (Å²) >= 11 is 0. The molecule has 0 N–H and O–H groups in total. The topological polar surface area (TPSA) is 13.1 Å². The van der Waals surface area contributed by atoms with Gasteiger partial charge in [-0.3, -0.25) is 0 Å². The first kappa shape index (κ1) is 7.39. The van der Waals surface area contributed by atoms with Gasteiger partial charge in [-0.25, -0.2) is 0 Å². The van der Waals surface area contributed by atoms with Gasteiger partial charge < -0.3 is 4.42 Å². The molecular formula is C9H13O. The van der Waals surface area contributed by atoms with Gasteiger partial charge in [-0.2, -0.15) is 0 Å². The van der Waals surface area contributed by atoms with Crippen molar-refractivity contribution in [2.24, 2.45) is 5.41 Å².